The van der Waals surface area contributed by atoms with Crippen molar-refractivity contribution in [2.75, 3.05) is 21.3 Å². The molecule has 26 heavy (non-hydrogen) atoms. The minimum absolute atomic E-state index is 0.287. The van der Waals surface area contributed by atoms with Gasteiger partial charge in [0.1, 0.15) is 11.3 Å². The Hall–Kier alpha value is -2.41. The van der Waals surface area contributed by atoms with Crippen molar-refractivity contribution in [2.24, 2.45) is 11.8 Å². The molecule has 0 saturated carbocycles. The molecule has 1 N–H and O–H groups in total. The van der Waals surface area contributed by atoms with E-state index in [4.69, 9.17) is 9.47 Å². The van der Waals surface area contributed by atoms with Crippen LogP contribution in [0.4, 0.5) is 0 Å². The van der Waals surface area contributed by atoms with Gasteiger partial charge in [-0.05, 0) is 12.5 Å². The van der Waals surface area contributed by atoms with Crippen molar-refractivity contribution in [3.63, 3.8) is 0 Å². The Balaban J connectivity index is 2.17. The number of rotatable bonds is 5. The van der Waals surface area contributed by atoms with Crippen molar-refractivity contribution in [1.82, 2.24) is 10.2 Å². The van der Waals surface area contributed by atoms with Gasteiger partial charge >= 0.3 is 5.97 Å². The Bertz CT molecular complexity index is 749. The summed E-state index contributed by atoms with van der Waals surface area (Å²) >= 11 is 0. The van der Waals surface area contributed by atoms with Crippen molar-refractivity contribution in [3.05, 3.63) is 29.8 Å². The lowest BCUT2D eigenvalue weighted by Gasteiger charge is -2.32. The van der Waals surface area contributed by atoms with E-state index in [9.17, 15) is 14.4 Å². The number of para-hydroxylation sites is 1. The van der Waals surface area contributed by atoms with Gasteiger partial charge in [-0.2, -0.15) is 0 Å². The fourth-order valence-electron chi connectivity index (χ4n) is 4.43. The fraction of sp³-hybridized carbons (Fsp3) is 0.526. The van der Waals surface area contributed by atoms with Gasteiger partial charge in [-0.1, -0.05) is 31.5 Å². The van der Waals surface area contributed by atoms with Gasteiger partial charge in [0.2, 0.25) is 11.8 Å². The van der Waals surface area contributed by atoms with Gasteiger partial charge in [0, 0.05) is 18.7 Å². The highest BCUT2D eigenvalue weighted by atomic mass is 16.5. The summed E-state index contributed by atoms with van der Waals surface area (Å²) in [6.45, 7) is 1.93. The Morgan fingerprint density at radius 3 is 2.54 bits per heavy atom. The highest BCUT2D eigenvalue weighted by molar-refractivity contribution is 6.09. The van der Waals surface area contributed by atoms with E-state index in [-0.39, 0.29) is 11.8 Å². The summed E-state index contributed by atoms with van der Waals surface area (Å²) in [4.78, 5) is 39.6. The van der Waals surface area contributed by atoms with Crippen LogP contribution in [0.2, 0.25) is 0 Å². The Morgan fingerprint density at radius 1 is 1.23 bits per heavy atom. The van der Waals surface area contributed by atoms with E-state index in [1.807, 2.05) is 25.1 Å². The second-order valence-corrected chi connectivity index (χ2v) is 6.82. The molecule has 7 heteroatoms. The van der Waals surface area contributed by atoms with E-state index in [0.717, 1.165) is 10.5 Å². The summed E-state index contributed by atoms with van der Waals surface area (Å²) in [5, 5.41) is 3.31. The molecule has 2 aliphatic rings. The maximum Gasteiger partial charge on any atom is 0.326 e. The topological polar surface area (TPSA) is 84.9 Å². The van der Waals surface area contributed by atoms with Gasteiger partial charge in [-0.15, -0.1) is 0 Å². The van der Waals surface area contributed by atoms with E-state index in [0.29, 0.717) is 18.6 Å². The molecule has 0 aromatic heterocycles. The molecule has 2 fully saturated rings. The molecule has 2 saturated heterocycles. The smallest absolute Gasteiger partial charge is 0.326 e. The van der Waals surface area contributed by atoms with Crippen LogP contribution in [0.1, 0.15) is 31.4 Å². The van der Waals surface area contributed by atoms with E-state index >= 15 is 0 Å². The molecular formula is C19H24N2O5. The summed E-state index contributed by atoms with van der Waals surface area (Å²) in [6.07, 6.45) is 1.06. The highest BCUT2D eigenvalue weighted by Crippen LogP contribution is 2.51. The lowest BCUT2D eigenvalue weighted by molar-refractivity contribution is -0.154. The predicted molar refractivity (Wildman–Crippen MR) is 93.3 cm³/mol. The Morgan fingerprint density at radius 2 is 1.92 bits per heavy atom. The van der Waals surface area contributed by atoms with Crippen LogP contribution in [0.25, 0.3) is 0 Å². The summed E-state index contributed by atoms with van der Waals surface area (Å²) < 4.78 is 10.5. The standard InChI is InChI=1S/C19H24N2O5/c1-5-10-19(18(24)26-4)14-13(16(22)21(2)17(14)23)15(20-19)11-8-6-7-9-12(11)25-3/h6-9,13-15,20H,5,10H2,1-4H3/t13-,14+,15-,19+/m1/s1. The zero-order valence-corrected chi connectivity index (χ0v) is 15.4. The minimum atomic E-state index is -1.23. The number of imide groups is 1. The highest BCUT2D eigenvalue weighted by Gasteiger charge is 2.68. The quantitative estimate of drug-likeness (QED) is 0.629. The first-order valence-corrected chi connectivity index (χ1v) is 8.73. The average molecular weight is 360 g/mol. The number of carbonyl (C=O) groups is 3. The number of benzene rings is 1. The molecular weight excluding hydrogens is 336 g/mol. The van der Waals surface area contributed by atoms with Crippen LogP contribution in [0.5, 0.6) is 5.75 Å². The van der Waals surface area contributed by atoms with Crippen LogP contribution in [-0.4, -0.2) is 49.5 Å². The number of nitrogens with one attached hydrogen (secondary N) is 1. The van der Waals surface area contributed by atoms with Gasteiger partial charge in [-0.25, -0.2) is 0 Å². The first-order valence-electron chi connectivity index (χ1n) is 8.73. The number of nitrogens with zero attached hydrogens (tertiary/aromatic N) is 1. The van der Waals surface area contributed by atoms with Crippen molar-refractivity contribution in [2.45, 2.75) is 31.3 Å². The largest absolute Gasteiger partial charge is 0.496 e. The van der Waals surface area contributed by atoms with Crippen LogP contribution in [0.15, 0.2) is 24.3 Å². The normalized spacial score (nSPS) is 30.5. The second kappa shape index (κ2) is 6.72. The Kier molecular flexibility index (Phi) is 4.75. The summed E-state index contributed by atoms with van der Waals surface area (Å²) in [6, 6.07) is 6.82. The van der Waals surface area contributed by atoms with Crippen LogP contribution in [-0.2, 0) is 19.1 Å². The van der Waals surface area contributed by atoms with Crippen LogP contribution < -0.4 is 10.1 Å². The zero-order valence-electron chi connectivity index (χ0n) is 15.4. The molecule has 0 spiro atoms. The first-order chi connectivity index (χ1) is 12.4. The van der Waals surface area contributed by atoms with E-state index in [1.54, 1.807) is 13.2 Å². The number of amides is 2. The summed E-state index contributed by atoms with van der Waals surface area (Å²) in [5.74, 6) is -2.00. The third-order valence-corrected chi connectivity index (χ3v) is 5.54. The molecule has 7 nitrogen and oxygen atoms in total. The molecule has 1 aromatic rings. The van der Waals surface area contributed by atoms with E-state index in [2.05, 4.69) is 5.32 Å². The maximum atomic E-state index is 12.9. The zero-order chi connectivity index (χ0) is 19.1. The number of hydrogen-bond acceptors (Lipinski definition) is 6. The van der Waals surface area contributed by atoms with Gasteiger partial charge in [0.15, 0.2) is 0 Å². The molecule has 1 aromatic carbocycles. The number of carbonyl (C=O) groups excluding carboxylic acids is 3. The molecule has 0 bridgehead atoms. The van der Waals surface area contributed by atoms with E-state index in [1.165, 1.54) is 14.2 Å². The summed E-state index contributed by atoms with van der Waals surface area (Å²) in [5.41, 5.74) is -0.472. The SMILES string of the molecule is CCC[C@]1(C(=O)OC)N[C@H](c2ccccc2OC)[C@@H]2C(=O)N(C)C(=O)[C@H]21. The van der Waals surface area contributed by atoms with E-state index < -0.39 is 29.4 Å². The number of fused-ring (bicyclic) bond motifs is 1. The number of likely N-dealkylation sites (tertiary alicyclic amines) is 1. The maximum absolute atomic E-state index is 12.9. The van der Waals surface area contributed by atoms with Crippen molar-refractivity contribution in [3.8, 4) is 5.75 Å². The molecule has 0 aliphatic carbocycles. The third kappa shape index (κ3) is 2.41. The second-order valence-electron chi connectivity index (χ2n) is 6.82. The molecule has 0 radical (unpaired) electrons. The van der Waals surface area contributed by atoms with Gasteiger partial charge in [0.05, 0.1) is 26.1 Å². The predicted octanol–water partition coefficient (Wildman–Crippen LogP) is 1.28. The molecule has 2 amide bonds. The number of methoxy groups -OCH3 is 2. The lowest BCUT2D eigenvalue weighted by atomic mass is 9.77. The molecule has 140 valence electrons. The number of ether oxygens (including phenoxy) is 2. The third-order valence-electron chi connectivity index (χ3n) is 5.54. The Labute approximate surface area is 152 Å². The number of hydrogen-bond donors (Lipinski definition) is 1. The first kappa shape index (κ1) is 18.4. The van der Waals surface area contributed by atoms with Crippen molar-refractivity contribution >= 4 is 17.8 Å². The monoisotopic (exact) mass is 360 g/mol. The number of esters is 1. The van der Waals surface area contributed by atoms with Crippen molar-refractivity contribution < 1.29 is 23.9 Å². The minimum Gasteiger partial charge on any atom is -0.496 e. The molecule has 4 atom stereocenters. The molecule has 3 rings (SSSR count). The fourth-order valence-corrected chi connectivity index (χ4v) is 4.43. The van der Waals surface area contributed by atoms with Crippen LogP contribution >= 0.6 is 0 Å². The van der Waals surface area contributed by atoms with Crippen LogP contribution in [0.3, 0.4) is 0 Å². The molecule has 2 aliphatic heterocycles. The van der Waals surface area contributed by atoms with Gasteiger partial charge < -0.3 is 9.47 Å². The van der Waals surface area contributed by atoms with Gasteiger partial charge in [-0.3, -0.25) is 24.6 Å². The molecule has 2 heterocycles. The average Bonchev–Trinajstić information content (AvgIpc) is 3.11. The lowest BCUT2D eigenvalue weighted by Crippen LogP contribution is -2.56. The summed E-state index contributed by atoms with van der Waals surface area (Å²) in [7, 11) is 4.33. The van der Waals surface area contributed by atoms with Crippen LogP contribution in [0, 0.1) is 11.8 Å². The van der Waals surface area contributed by atoms with Crippen molar-refractivity contribution in [1.29, 1.82) is 0 Å². The molecule has 0 unspecified atom stereocenters. The van der Waals surface area contributed by atoms with Gasteiger partial charge in [0.25, 0.3) is 0 Å².